The van der Waals surface area contributed by atoms with Crippen molar-refractivity contribution in [2.45, 2.75) is 89.6 Å². The molecule has 8 nitrogen and oxygen atoms in total. The number of likely N-dealkylation sites (tertiary alicyclic amines) is 1. The summed E-state index contributed by atoms with van der Waals surface area (Å²) in [5, 5.41) is 10.4. The molecule has 3 aliphatic rings. The Kier molecular flexibility index (Phi) is 8.40. The lowest BCUT2D eigenvalue weighted by Crippen LogP contribution is -2.60. The summed E-state index contributed by atoms with van der Waals surface area (Å²) in [6.07, 6.45) is 6.19. The van der Waals surface area contributed by atoms with Gasteiger partial charge in [0, 0.05) is 26.2 Å². The van der Waals surface area contributed by atoms with Gasteiger partial charge in [-0.15, -0.1) is 13.2 Å². The second-order valence-electron chi connectivity index (χ2n) is 11.4. The summed E-state index contributed by atoms with van der Waals surface area (Å²) in [4.78, 5) is 47.3. The monoisotopic (exact) mass is 503 g/mol. The fourth-order valence-corrected chi connectivity index (χ4v) is 6.87. The zero-order valence-electron chi connectivity index (χ0n) is 22.9. The molecule has 3 fully saturated rings. The van der Waals surface area contributed by atoms with E-state index in [9.17, 15) is 19.5 Å². The topological polar surface area (TPSA) is 90.4 Å². The molecule has 0 aromatic rings. The van der Waals surface area contributed by atoms with Crippen molar-refractivity contribution in [3.63, 3.8) is 0 Å². The lowest BCUT2D eigenvalue weighted by Gasteiger charge is -2.42. The third kappa shape index (κ3) is 4.30. The molecule has 202 valence electrons. The molecule has 3 saturated heterocycles. The maximum Gasteiger partial charge on any atom is 0.248 e. The van der Waals surface area contributed by atoms with Crippen molar-refractivity contribution in [2.24, 2.45) is 17.8 Å². The Morgan fingerprint density at radius 1 is 1.19 bits per heavy atom. The molecule has 3 heterocycles. The van der Waals surface area contributed by atoms with Crippen molar-refractivity contribution in [1.29, 1.82) is 0 Å². The highest BCUT2D eigenvalue weighted by atomic mass is 16.5. The second kappa shape index (κ2) is 10.7. The van der Waals surface area contributed by atoms with Gasteiger partial charge in [0.15, 0.2) is 0 Å². The lowest BCUT2D eigenvalue weighted by atomic mass is 9.66. The Labute approximate surface area is 216 Å². The Bertz CT molecular complexity index is 890. The van der Waals surface area contributed by atoms with Gasteiger partial charge in [-0.1, -0.05) is 39.3 Å². The van der Waals surface area contributed by atoms with Crippen LogP contribution < -0.4 is 0 Å². The molecule has 36 heavy (non-hydrogen) atoms. The van der Waals surface area contributed by atoms with Crippen LogP contribution in [0.25, 0.3) is 0 Å². The normalized spacial score (nSPS) is 32.4. The van der Waals surface area contributed by atoms with Gasteiger partial charge < -0.3 is 24.5 Å². The third-order valence-corrected chi connectivity index (χ3v) is 8.65. The van der Waals surface area contributed by atoms with E-state index >= 15 is 0 Å². The highest BCUT2D eigenvalue weighted by Gasteiger charge is 2.78. The van der Waals surface area contributed by atoms with Crippen molar-refractivity contribution in [1.82, 2.24) is 14.7 Å². The Morgan fingerprint density at radius 3 is 2.36 bits per heavy atom. The van der Waals surface area contributed by atoms with E-state index in [1.54, 1.807) is 33.9 Å². The number of hydrogen-bond acceptors (Lipinski definition) is 5. The van der Waals surface area contributed by atoms with E-state index in [0.717, 1.165) is 12.8 Å². The Balaban J connectivity index is 2.16. The lowest BCUT2D eigenvalue weighted by molar-refractivity contribution is -0.158. The first kappa shape index (κ1) is 28.4. The predicted molar refractivity (Wildman–Crippen MR) is 139 cm³/mol. The van der Waals surface area contributed by atoms with Crippen molar-refractivity contribution in [3.05, 3.63) is 25.3 Å². The highest BCUT2D eigenvalue weighted by molar-refractivity contribution is 5.99. The number of carbonyl (C=O) groups is 3. The van der Waals surface area contributed by atoms with Crippen LogP contribution in [0.4, 0.5) is 0 Å². The second-order valence-corrected chi connectivity index (χ2v) is 11.4. The van der Waals surface area contributed by atoms with Crippen LogP contribution in [-0.2, 0) is 19.1 Å². The fourth-order valence-electron chi connectivity index (χ4n) is 6.87. The summed E-state index contributed by atoms with van der Waals surface area (Å²) in [5.74, 6) is -2.19. The average Bonchev–Trinajstić information content (AvgIpc) is 3.38. The number of aliphatic hydroxyl groups is 1. The maximum absolute atomic E-state index is 14.4. The summed E-state index contributed by atoms with van der Waals surface area (Å²) in [6, 6.07) is -1.52. The predicted octanol–water partition coefficient (Wildman–Crippen LogP) is 2.62. The molecule has 3 unspecified atom stereocenters. The summed E-state index contributed by atoms with van der Waals surface area (Å²) in [7, 11) is 1.70. The molecule has 1 spiro atoms. The number of rotatable bonds is 12. The standard InChI is InChI=1S/C28H45N3O5/c1-9-12-19(6)30(16-11-3)26(35)23-28-14-13-27(7,36-28)21(24(33)29(8)15-10-2)22(28)25(34)31(23)20(17-32)18(4)5/h10-11,18-23,32H,2-3,9,12-17H2,1,4-8H3/t19?,20-,21+,22-,23?,27-,28?/m0/s1. The van der Waals surface area contributed by atoms with Crippen LogP contribution in [-0.4, -0.2) is 93.6 Å². The van der Waals surface area contributed by atoms with Gasteiger partial charge in [-0.05, 0) is 39.0 Å². The van der Waals surface area contributed by atoms with Crippen LogP contribution in [0.1, 0.15) is 60.3 Å². The number of nitrogens with zero attached hydrogens (tertiary/aromatic N) is 3. The van der Waals surface area contributed by atoms with E-state index in [1.165, 1.54) is 0 Å². The van der Waals surface area contributed by atoms with Crippen LogP contribution >= 0.6 is 0 Å². The zero-order chi connectivity index (χ0) is 27.0. The van der Waals surface area contributed by atoms with Crippen LogP contribution in [0.15, 0.2) is 25.3 Å². The minimum atomic E-state index is -1.11. The van der Waals surface area contributed by atoms with Gasteiger partial charge in [0.25, 0.3) is 0 Å². The van der Waals surface area contributed by atoms with Gasteiger partial charge in [-0.25, -0.2) is 0 Å². The van der Waals surface area contributed by atoms with E-state index in [-0.39, 0.29) is 36.3 Å². The van der Waals surface area contributed by atoms with Gasteiger partial charge in [-0.3, -0.25) is 14.4 Å². The smallest absolute Gasteiger partial charge is 0.248 e. The van der Waals surface area contributed by atoms with Crippen molar-refractivity contribution < 1.29 is 24.2 Å². The SMILES string of the molecule is C=CCN(C)C(=O)[C@H]1[C@H]2C(=O)N([C@@H](CO)C(C)C)C(C(=O)N(CC=C)C(C)CCC)C23CC[C@]1(C)O3. The molecule has 3 amide bonds. The highest BCUT2D eigenvalue weighted by Crippen LogP contribution is 2.64. The molecule has 3 rings (SSSR count). The summed E-state index contributed by atoms with van der Waals surface area (Å²) < 4.78 is 6.72. The van der Waals surface area contributed by atoms with Crippen LogP contribution in [0.5, 0.6) is 0 Å². The number of carbonyl (C=O) groups excluding carboxylic acids is 3. The summed E-state index contributed by atoms with van der Waals surface area (Å²) in [6.45, 7) is 17.9. The van der Waals surface area contributed by atoms with E-state index in [2.05, 4.69) is 20.1 Å². The number of amides is 3. The number of ether oxygens (including phenoxy) is 1. The molecule has 0 aromatic carbocycles. The minimum Gasteiger partial charge on any atom is -0.394 e. The number of likely N-dealkylation sites (N-methyl/N-ethyl adjacent to an activating group) is 1. The molecular formula is C28H45N3O5. The van der Waals surface area contributed by atoms with E-state index in [4.69, 9.17) is 4.74 Å². The molecule has 2 bridgehead atoms. The molecule has 0 aliphatic carbocycles. The first-order valence-corrected chi connectivity index (χ1v) is 13.4. The molecule has 8 heteroatoms. The van der Waals surface area contributed by atoms with Crippen LogP contribution in [0.2, 0.25) is 0 Å². The molecule has 7 atom stereocenters. The molecule has 3 aliphatic heterocycles. The zero-order valence-corrected chi connectivity index (χ0v) is 22.9. The Hall–Kier alpha value is -2.19. The Morgan fingerprint density at radius 2 is 1.83 bits per heavy atom. The van der Waals surface area contributed by atoms with Crippen molar-refractivity contribution in [3.8, 4) is 0 Å². The summed E-state index contributed by atoms with van der Waals surface area (Å²) in [5.41, 5.74) is -1.94. The van der Waals surface area contributed by atoms with E-state index in [1.807, 2.05) is 27.7 Å². The average molecular weight is 504 g/mol. The molecule has 1 N–H and O–H groups in total. The number of fused-ring (bicyclic) bond motifs is 1. The third-order valence-electron chi connectivity index (χ3n) is 8.65. The van der Waals surface area contributed by atoms with E-state index < -0.39 is 35.1 Å². The molecular weight excluding hydrogens is 458 g/mol. The number of hydrogen-bond donors (Lipinski definition) is 1. The van der Waals surface area contributed by atoms with Crippen molar-refractivity contribution >= 4 is 17.7 Å². The van der Waals surface area contributed by atoms with E-state index in [0.29, 0.717) is 25.9 Å². The first-order valence-electron chi connectivity index (χ1n) is 13.4. The first-order chi connectivity index (χ1) is 16.9. The van der Waals surface area contributed by atoms with Crippen LogP contribution in [0, 0.1) is 17.8 Å². The molecule has 0 saturated carbocycles. The van der Waals surface area contributed by atoms with Gasteiger partial charge in [0.1, 0.15) is 11.6 Å². The molecule has 0 radical (unpaired) electrons. The van der Waals surface area contributed by atoms with Crippen LogP contribution in [0.3, 0.4) is 0 Å². The van der Waals surface area contributed by atoms with Crippen molar-refractivity contribution in [2.75, 3.05) is 26.7 Å². The van der Waals surface area contributed by atoms with Gasteiger partial charge in [0.05, 0.1) is 30.1 Å². The van der Waals surface area contributed by atoms with Gasteiger partial charge >= 0.3 is 0 Å². The fraction of sp³-hybridized carbons (Fsp3) is 0.750. The minimum absolute atomic E-state index is 0.0510. The molecule has 0 aromatic heterocycles. The maximum atomic E-state index is 14.4. The summed E-state index contributed by atoms with van der Waals surface area (Å²) >= 11 is 0. The number of aliphatic hydroxyl groups excluding tert-OH is 1. The quantitative estimate of drug-likeness (QED) is 0.414. The van der Waals surface area contributed by atoms with Gasteiger partial charge in [0.2, 0.25) is 17.7 Å². The van der Waals surface area contributed by atoms with Gasteiger partial charge in [-0.2, -0.15) is 0 Å². The largest absolute Gasteiger partial charge is 0.394 e.